The van der Waals surface area contributed by atoms with Gasteiger partial charge < -0.3 is 9.47 Å². The molecule has 3 aromatic rings. The van der Waals surface area contributed by atoms with Crippen LogP contribution in [-0.2, 0) is 14.8 Å². The molecule has 0 radical (unpaired) electrons. The zero-order valence-electron chi connectivity index (χ0n) is 21.3. The van der Waals surface area contributed by atoms with Gasteiger partial charge in [0.25, 0.3) is 15.9 Å². The fourth-order valence-electron chi connectivity index (χ4n) is 3.40. The van der Waals surface area contributed by atoms with Gasteiger partial charge in [0.15, 0.2) is 0 Å². The van der Waals surface area contributed by atoms with Crippen LogP contribution in [0.4, 0.5) is 5.69 Å². The first-order valence-electron chi connectivity index (χ1n) is 11.7. The summed E-state index contributed by atoms with van der Waals surface area (Å²) in [4.78, 5) is 13.9. The third-order valence-electron chi connectivity index (χ3n) is 5.30. The van der Waals surface area contributed by atoms with Crippen LogP contribution in [0.25, 0.3) is 0 Å². The summed E-state index contributed by atoms with van der Waals surface area (Å²) in [5.41, 5.74) is 4.18. The molecule has 0 atom stereocenters. The third-order valence-corrected chi connectivity index (χ3v) is 7.83. The van der Waals surface area contributed by atoms with Gasteiger partial charge in [0.05, 0.1) is 29.5 Å². The summed E-state index contributed by atoms with van der Waals surface area (Å²) in [6.45, 7) is 6.12. The minimum atomic E-state index is -4.04. The molecule has 0 bridgehead atoms. The first kappa shape index (κ1) is 28.1. The summed E-state index contributed by atoms with van der Waals surface area (Å²) in [6, 6.07) is 20.4. The Morgan fingerprint density at radius 2 is 1.43 bits per heavy atom. The van der Waals surface area contributed by atoms with Gasteiger partial charge in [-0.1, -0.05) is 0 Å². The number of ether oxygens (including phenoxy) is 2. The minimum Gasteiger partial charge on any atom is -0.494 e. The van der Waals surface area contributed by atoms with Crippen LogP contribution in [0.3, 0.4) is 0 Å². The van der Waals surface area contributed by atoms with Gasteiger partial charge >= 0.3 is 0 Å². The number of anilines is 1. The van der Waals surface area contributed by atoms with Crippen LogP contribution in [0.1, 0.15) is 26.3 Å². The zero-order chi connectivity index (χ0) is 26.8. The first-order chi connectivity index (χ1) is 17.8. The van der Waals surface area contributed by atoms with E-state index in [2.05, 4.69) is 10.5 Å². The van der Waals surface area contributed by atoms with Crippen LogP contribution in [0.5, 0.6) is 11.5 Å². The monoisotopic (exact) mass is 541 g/mol. The largest absolute Gasteiger partial charge is 0.494 e. The highest BCUT2D eigenvalue weighted by Crippen LogP contribution is 2.27. The van der Waals surface area contributed by atoms with E-state index < -0.39 is 22.5 Å². The maximum atomic E-state index is 13.6. The predicted molar refractivity (Wildman–Crippen MR) is 148 cm³/mol. The van der Waals surface area contributed by atoms with Crippen LogP contribution in [0.2, 0.25) is 0 Å². The topological polar surface area (TPSA) is 97.3 Å². The van der Waals surface area contributed by atoms with E-state index in [4.69, 9.17) is 9.47 Å². The summed E-state index contributed by atoms with van der Waals surface area (Å²) in [5, 5.41) is 4.16. The van der Waals surface area contributed by atoms with E-state index in [1.54, 1.807) is 43.3 Å². The average Bonchev–Trinajstić information content (AvgIpc) is 2.91. The van der Waals surface area contributed by atoms with Gasteiger partial charge in [-0.2, -0.15) is 5.10 Å². The maximum Gasteiger partial charge on any atom is 0.264 e. The number of amides is 1. The normalized spacial score (nSPS) is 11.6. The number of hydrogen-bond acceptors (Lipinski definition) is 7. The number of carbonyl (C=O) groups is 1. The number of hydrazone groups is 1. The summed E-state index contributed by atoms with van der Waals surface area (Å²) in [6.07, 6.45) is 1.91. The van der Waals surface area contributed by atoms with Crippen LogP contribution in [0.15, 0.2) is 87.7 Å². The van der Waals surface area contributed by atoms with E-state index in [-0.39, 0.29) is 4.90 Å². The molecule has 0 aliphatic heterocycles. The van der Waals surface area contributed by atoms with E-state index in [0.29, 0.717) is 30.4 Å². The summed E-state index contributed by atoms with van der Waals surface area (Å²) < 4.78 is 39.1. The Morgan fingerprint density at radius 3 is 1.95 bits per heavy atom. The molecule has 3 aromatic carbocycles. The lowest BCUT2D eigenvalue weighted by Gasteiger charge is -2.24. The van der Waals surface area contributed by atoms with Crippen molar-refractivity contribution in [3.8, 4) is 11.5 Å². The fraction of sp³-hybridized carbons (Fsp3) is 0.259. The van der Waals surface area contributed by atoms with Crippen LogP contribution in [0, 0.1) is 0 Å². The lowest BCUT2D eigenvalue weighted by atomic mass is 10.1. The molecule has 0 aliphatic carbocycles. The van der Waals surface area contributed by atoms with E-state index in [1.165, 1.54) is 23.9 Å². The first-order valence-corrected chi connectivity index (χ1v) is 14.4. The average molecular weight is 542 g/mol. The second kappa shape index (κ2) is 13.2. The minimum absolute atomic E-state index is 0.0843. The van der Waals surface area contributed by atoms with Gasteiger partial charge in [-0.3, -0.25) is 9.10 Å². The SMILES string of the molecule is CCOc1ccc(/C(C)=N\NC(=O)CN(c2ccc(OCC)cc2)S(=O)(=O)c2ccc(SC)cc2)cc1. The molecule has 0 unspecified atom stereocenters. The molecule has 0 spiro atoms. The Kier molecular flexibility index (Phi) is 9.99. The van der Waals surface area contributed by atoms with E-state index in [1.807, 2.05) is 44.4 Å². The molecular formula is C27H31N3O5S2. The van der Waals surface area contributed by atoms with Crippen molar-refractivity contribution < 1.29 is 22.7 Å². The van der Waals surface area contributed by atoms with Gasteiger partial charge in [-0.25, -0.2) is 13.8 Å². The molecule has 0 aliphatic rings. The Hall–Kier alpha value is -3.50. The molecule has 0 saturated heterocycles. The molecule has 1 N–H and O–H groups in total. The molecule has 0 saturated carbocycles. The highest BCUT2D eigenvalue weighted by molar-refractivity contribution is 7.98. The Labute approximate surface area is 222 Å². The summed E-state index contributed by atoms with van der Waals surface area (Å²) in [7, 11) is -4.04. The summed E-state index contributed by atoms with van der Waals surface area (Å²) in [5.74, 6) is 0.765. The van der Waals surface area contributed by atoms with Crippen molar-refractivity contribution in [3.63, 3.8) is 0 Å². The Morgan fingerprint density at radius 1 is 0.892 bits per heavy atom. The van der Waals surface area contributed by atoms with Gasteiger partial charge in [-0.15, -0.1) is 11.8 Å². The van der Waals surface area contributed by atoms with Gasteiger partial charge in [-0.05, 0) is 105 Å². The molecule has 0 fully saturated rings. The van der Waals surface area contributed by atoms with Gasteiger partial charge in [0.1, 0.15) is 18.0 Å². The lowest BCUT2D eigenvalue weighted by Crippen LogP contribution is -2.39. The smallest absolute Gasteiger partial charge is 0.264 e. The highest BCUT2D eigenvalue weighted by atomic mass is 32.2. The zero-order valence-corrected chi connectivity index (χ0v) is 22.9. The maximum absolute atomic E-state index is 13.6. The highest BCUT2D eigenvalue weighted by Gasteiger charge is 2.27. The molecule has 1 amide bonds. The standard InChI is InChI=1S/C27H31N3O5S2/c1-5-34-23-11-7-21(8-12-23)20(3)28-29-27(31)19-30(22-9-13-24(14-10-22)35-6-2)37(32,33)26-17-15-25(36-4)16-18-26/h7-18H,5-6,19H2,1-4H3,(H,29,31)/b28-20-. The van der Waals surface area contributed by atoms with E-state index >= 15 is 0 Å². The predicted octanol–water partition coefficient (Wildman–Crippen LogP) is 4.94. The number of thioether (sulfide) groups is 1. The number of benzene rings is 3. The van der Waals surface area contributed by atoms with Crippen molar-refractivity contribution in [1.29, 1.82) is 0 Å². The second-order valence-corrected chi connectivity index (χ2v) is 10.5. The number of nitrogens with one attached hydrogen (secondary N) is 1. The molecule has 37 heavy (non-hydrogen) atoms. The van der Waals surface area contributed by atoms with Crippen LogP contribution >= 0.6 is 11.8 Å². The van der Waals surface area contributed by atoms with Crippen LogP contribution in [-0.4, -0.2) is 46.1 Å². The molecule has 10 heteroatoms. The number of rotatable bonds is 12. The number of sulfonamides is 1. The molecule has 0 aromatic heterocycles. The van der Waals surface area contributed by atoms with Gasteiger partial charge in [0.2, 0.25) is 0 Å². The van der Waals surface area contributed by atoms with E-state index in [9.17, 15) is 13.2 Å². The van der Waals surface area contributed by atoms with E-state index in [0.717, 1.165) is 20.5 Å². The lowest BCUT2D eigenvalue weighted by molar-refractivity contribution is -0.119. The molecule has 3 rings (SSSR count). The van der Waals surface area contributed by atoms with Gasteiger partial charge in [0, 0.05) is 4.90 Å². The molecule has 0 heterocycles. The third kappa shape index (κ3) is 7.50. The van der Waals surface area contributed by atoms with Crippen LogP contribution < -0.4 is 19.2 Å². The quantitative estimate of drug-likeness (QED) is 0.198. The Balaban J connectivity index is 1.84. The molecule has 196 valence electrons. The number of nitrogens with zero attached hydrogens (tertiary/aromatic N) is 2. The van der Waals surface area contributed by atoms with Crippen molar-refractivity contribution in [1.82, 2.24) is 5.43 Å². The number of hydrogen-bond donors (Lipinski definition) is 1. The Bertz CT molecular complexity index is 1310. The van der Waals surface area contributed by atoms with Crippen molar-refractivity contribution in [2.75, 3.05) is 30.3 Å². The molecule has 8 nitrogen and oxygen atoms in total. The molecular weight excluding hydrogens is 510 g/mol. The van der Waals surface area contributed by atoms with Crippen molar-refractivity contribution >= 4 is 39.1 Å². The second-order valence-electron chi connectivity index (χ2n) is 7.80. The van der Waals surface area contributed by atoms with Crippen molar-refractivity contribution in [2.24, 2.45) is 5.10 Å². The number of carbonyl (C=O) groups excluding carboxylic acids is 1. The fourth-order valence-corrected chi connectivity index (χ4v) is 5.23. The summed E-state index contributed by atoms with van der Waals surface area (Å²) >= 11 is 1.51. The van der Waals surface area contributed by atoms with Crippen molar-refractivity contribution in [3.05, 3.63) is 78.4 Å². The van der Waals surface area contributed by atoms with Crippen molar-refractivity contribution in [2.45, 2.75) is 30.6 Å².